The van der Waals surface area contributed by atoms with E-state index in [0.717, 1.165) is 11.3 Å². The van der Waals surface area contributed by atoms with Gasteiger partial charge in [0, 0.05) is 5.38 Å². The lowest BCUT2D eigenvalue weighted by Crippen LogP contribution is -2.26. The topological polar surface area (TPSA) is 59.8 Å². The van der Waals surface area contributed by atoms with Crippen LogP contribution in [-0.2, 0) is 0 Å². The SMILES string of the molecule is CC(NC(=O)c1ccsc1)c1ccc(-n2ccnn2)cc1. The Morgan fingerprint density at radius 2 is 2.10 bits per heavy atom. The minimum atomic E-state index is -0.0535. The van der Waals surface area contributed by atoms with Crippen molar-refractivity contribution >= 4 is 17.2 Å². The van der Waals surface area contributed by atoms with Crippen LogP contribution in [0.15, 0.2) is 53.5 Å². The fourth-order valence-electron chi connectivity index (χ4n) is 2.02. The van der Waals surface area contributed by atoms with E-state index in [4.69, 9.17) is 0 Å². The molecule has 1 atom stereocenters. The number of hydrogen-bond acceptors (Lipinski definition) is 4. The number of thiophene rings is 1. The highest BCUT2D eigenvalue weighted by atomic mass is 32.1. The minimum absolute atomic E-state index is 0.0518. The van der Waals surface area contributed by atoms with Crippen molar-refractivity contribution in [3.63, 3.8) is 0 Å². The Bertz CT molecular complexity index is 705. The zero-order valence-corrected chi connectivity index (χ0v) is 12.2. The molecule has 1 unspecified atom stereocenters. The van der Waals surface area contributed by atoms with Crippen molar-refractivity contribution in [1.29, 1.82) is 0 Å². The highest BCUT2D eigenvalue weighted by Gasteiger charge is 2.11. The van der Waals surface area contributed by atoms with E-state index >= 15 is 0 Å². The van der Waals surface area contributed by atoms with Crippen LogP contribution in [0.3, 0.4) is 0 Å². The smallest absolute Gasteiger partial charge is 0.252 e. The molecule has 0 radical (unpaired) electrons. The number of carbonyl (C=O) groups excluding carboxylic acids is 1. The summed E-state index contributed by atoms with van der Waals surface area (Å²) in [7, 11) is 0. The molecule has 1 N–H and O–H groups in total. The van der Waals surface area contributed by atoms with Gasteiger partial charge in [0.25, 0.3) is 5.91 Å². The normalized spacial score (nSPS) is 12.0. The van der Waals surface area contributed by atoms with E-state index in [2.05, 4.69) is 15.6 Å². The molecule has 21 heavy (non-hydrogen) atoms. The lowest BCUT2D eigenvalue weighted by Gasteiger charge is -2.14. The highest BCUT2D eigenvalue weighted by Crippen LogP contribution is 2.16. The summed E-state index contributed by atoms with van der Waals surface area (Å²) in [5.41, 5.74) is 2.68. The molecule has 1 aromatic carbocycles. The number of carbonyl (C=O) groups is 1. The molecule has 0 aliphatic rings. The number of amides is 1. The van der Waals surface area contributed by atoms with Crippen LogP contribution in [0.2, 0.25) is 0 Å². The predicted octanol–water partition coefficient (Wildman–Crippen LogP) is 2.82. The number of nitrogens with zero attached hydrogens (tertiary/aromatic N) is 3. The van der Waals surface area contributed by atoms with Crippen molar-refractivity contribution in [1.82, 2.24) is 20.3 Å². The van der Waals surface area contributed by atoms with E-state index in [-0.39, 0.29) is 11.9 Å². The monoisotopic (exact) mass is 298 g/mol. The van der Waals surface area contributed by atoms with Crippen LogP contribution in [-0.4, -0.2) is 20.9 Å². The van der Waals surface area contributed by atoms with Crippen LogP contribution in [0.5, 0.6) is 0 Å². The second-order valence-electron chi connectivity index (χ2n) is 4.65. The van der Waals surface area contributed by atoms with Crippen LogP contribution in [0.1, 0.15) is 28.9 Å². The molecule has 0 spiro atoms. The first-order valence-corrected chi connectivity index (χ1v) is 7.48. The van der Waals surface area contributed by atoms with Crippen molar-refractivity contribution in [2.75, 3.05) is 0 Å². The largest absolute Gasteiger partial charge is 0.345 e. The first-order valence-electron chi connectivity index (χ1n) is 6.54. The third-order valence-electron chi connectivity index (χ3n) is 3.21. The van der Waals surface area contributed by atoms with E-state index in [0.29, 0.717) is 5.56 Å². The molecule has 6 heteroatoms. The Balaban J connectivity index is 1.70. The third-order valence-corrected chi connectivity index (χ3v) is 3.89. The Kier molecular flexibility index (Phi) is 3.79. The van der Waals surface area contributed by atoms with Crippen LogP contribution >= 0.6 is 11.3 Å². The quantitative estimate of drug-likeness (QED) is 0.805. The van der Waals surface area contributed by atoms with Gasteiger partial charge in [-0.3, -0.25) is 4.79 Å². The van der Waals surface area contributed by atoms with Crippen molar-refractivity contribution in [3.05, 3.63) is 64.6 Å². The fraction of sp³-hybridized carbons (Fsp3) is 0.133. The van der Waals surface area contributed by atoms with Gasteiger partial charge in [-0.1, -0.05) is 17.3 Å². The summed E-state index contributed by atoms with van der Waals surface area (Å²) in [6.45, 7) is 1.97. The van der Waals surface area contributed by atoms with E-state index in [9.17, 15) is 4.79 Å². The number of benzene rings is 1. The molecule has 0 aliphatic heterocycles. The average Bonchev–Trinajstić information content (AvgIpc) is 3.20. The Morgan fingerprint density at radius 1 is 1.29 bits per heavy atom. The maximum absolute atomic E-state index is 12.0. The molecular weight excluding hydrogens is 284 g/mol. The second-order valence-corrected chi connectivity index (χ2v) is 5.43. The van der Waals surface area contributed by atoms with Gasteiger partial charge in [-0.05, 0) is 36.1 Å². The van der Waals surface area contributed by atoms with Gasteiger partial charge in [-0.2, -0.15) is 11.3 Å². The van der Waals surface area contributed by atoms with Crippen LogP contribution < -0.4 is 5.32 Å². The molecule has 2 heterocycles. The molecule has 2 aromatic heterocycles. The second kappa shape index (κ2) is 5.88. The summed E-state index contributed by atoms with van der Waals surface area (Å²) in [6, 6.07) is 9.64. The zero-order valence-electron chi connectivity index (χ0n) is 11.4. The zero-order chi connectivity index (χ0) is 14.7. The van der Waals surface area contributed by atoms with Gasteiger partial charge in [-0.25, -0.2) is 4.68 Å². The highest BCUT2D eigenvalue weighted by molar-refractivity contribution is 7.08. The lowest BCUT2D eigenvalue weighted by atomic mass is 10.1. The molecule has 0 saturated carbocycles. The van der Waals surface area contributed by atoms with Gasteiger partial charge >= 0.3 is 0 Å². The standard InChI is InChI=1S/C15H14N4OS/c1-11(17-15(20)13-6-9-21-10-13)12-2-4-14(5-3-12)19-8-7-16-18-19/h2-11H,1H3,(H,17,20). The molecule has 0 fully saturated rings. The maximum atomic E-state index is 12.0. The van der Waals surface area contributed by atoms with E-state index < -0.39 is 0 Å². The van der Waals surface area contributed by atoms with Crippen LogP contribution in [0, 0.1) is 0 Å². The molecule has 3 aromatic rings. The summed E-state index contributed by atoms with van der Waals surface area (Å²) in [5, 5.41) is 14.4. The summed E-state index contributed by atoms with van der Waals surface area (Å²) < 4.78 is 1.69. The van der Waals surface area contributed by atoms with Gasteiger partial charge in [0.05, 0.1) is 29.7 Å². The number of aromatic nitrogens is 3. The van der Waals surface area contributed by atoms with Crippen LogP contribution in [0.25, 0.3) is 5.69 Å². The first kappa shape index (κ1) is 13.5. The van der Waals surface area contributed by atoms with Gasteiger partial charge in [0.1, 0.15) is 0 Å². The predicted molar refractivity (Wildman–Crippen MR) is 81.6 cm³/mol. The lowest BCUT2D eigenvalue weighted by molar-refractivity contribution is 0.0940. The molecule has 1 amide bonds. The van der Waals surface area contributed by atoms with Gasteiger partial charge in [0.15, 0.2) is 0 Å². The van der Waals surface area contributed by atoms with Crippen molar-refractivity contribution < 1.29 is 4.79 Å². The molecule has 106 valence electrons. The van der Waals surface area contributed by atoms with Crippen molar-refractivity contribution in [2.45, 2.75) is 13.0 Å². The van der Waals surface area contributed by atoms with E-state index in [1.165, 1.54) is 11.3 Å². The molecular formula is C15H14N4OS. The Morgan fingerprint density at radius 3 is 2.71 bits per heavy atom. The van der Waals surface area contributed by atoms with E-state index in [1.807, 2.05) is 48.0 Å². The fourth-order valence-corrected chi connectivity index (χ4v) is 2.65. The summed E-state index contributed by atoms with van der Waals surface area (Å²) >= 11 is 1.51. The Labute approximate surface area is 126 Å². The number of rotatable bonds is 4. The first-order chi connectivity index (χ1) is 10.2. The number of nitrogens with one attached hydrogen (secondary N) is 1. The number of hydrogen-bond donors (Lipinski definition) is 1. The summed E-state index contributed by atoms with van der Waals surface area (Å²) in [6.07, 6.45) is 3.42. The summed E-state index contributed by atoms with van der Waals surface area (Å²) in [4.78, 5) is 12.0. The summed E-state index contributed by atoms with van der Waals surface area (Å²) in [5.74, 6) is -0.0518. The van der Waals surface area contributed by atoms with Crippen molar-refractivity contribution in [3.8, 4) is 5.69 Å². The van der Waals surface area contributed by atoms with Gasteiger partial charge in [-0.15, -0.1) is 5.10 Å². The molecule has 3 rings (SSSR count). The van der Waals surface area contributed by atoms with E-state index in [1.54, 1.807) is 17.1 Å². The molecule has 0 bridgehead atoms. The average molecular weight is 298 g/mol. The minimum Gasteiger partial charge on any atom is -0.345 e. The molecule has 0 saturated heterocycles. The van der Waals surface area contributed by atoms with Crippen LogP contribution in [0.4, 0.5) is 0 Å². The van der Waals surface area contributed by atoms with Crippen molar-refractivity contribution in [2.24, 2.45) is 0 Å². The third kappa shape index (κ3) is 3.00. The molecule has 0 aliphatic carbocycles. The maximum Gasteiger partial charge on any atom is 0.252 e. The van der Waals surface area contributed by atoms with Gasteiger partial charge < -0.3 is 5.32 Å². The Hall–Kier alpha value is -2.47. The van der Waals surface area contributed by atoms with Gasteiger partial charge in [0.2, 0.25) is 0 Å². The molecule has 5 nitrogen and oxygen atoms in total.